The predicted octanol–water partition coefficient (Wildman–Crippen LogP) is 0.457. The van der Waals surface area contributed by atoms with E-state index in [2.05, 4.69) is 17.1 Å². The second kappa shape index (κ2) is 7.01. The Morgan fingerprint density at radius 1 is 1.32 bits per heavy atom. The maximum absolute atomic E-state index is 12.0. The van der Waals surface area contributed by atoms with Crippen LogP contribution in [-0.2, 0) is 9.59 Å². The Kier molecular flexibility index (Phi) is 5.34. The van der Waals surface area contributed by atoms with Crippen molar-refractivity contribution in [3.8, 4) is 0 Å². The van der Waals surface area contributed by atoms with Gasteiger partial charge in [0.2, 0.25) is 11.8 Å². The van der Waals surface area contributed by atoms with E-state index in [1.807, 2.05) is 0 Å². The van der Waals surface area contributed by atoms with Crippen LogP contribution in [0.2, 0.25) is 0 Å². The fourth-order valence-electron chi connectivity index (χ4n) is 2.89. The zero-order chi connectivity index (χ0) is 13.7. The Balaban J connectivity index is 1.70. The fraction of sp³-hybridized carbons (Fsp3) is 0.857. The van der Waals surface area contributed by atoms with Gasteiger partial charge in [0.15, 0.2) is 0 Å². The van der Waals surface area contributed by atoms with Gasteiger partial charge < -0.3 is 5.32 Å². The molecular formula is C14H25N3O2. The molecule has 2 fully saturated rings. The van der Waals surface area contributed by atoms with Gasteiger partial charge in [0.25, 0.3) is 0 Å². The van der Waals surface area contributed by atoms with Gasteiger partial charge in [0.1, 0.15) is 0 Å². The first kappa shape index (κ1) is 14.5. The maximum atomic E-state index is 12.0. The molecule has 1 N–H and O–H groups in total. The predicted molar refractivity (Wildman–Crippen MR) is 73.7 cm³/mol. The number of nitrogens with one attached hydrogen (secondary N) is 1. The highest BCUT2D eigenvalue weighted by Crippen LogP contribution is 2.17. The summed E-state index contributed by atoms with van der Waals surface area (Å²) in [7, 11) is 0. The minimum Gasteiger partial charge on any atom is -0.317 e. The van der Waals surface area contributed by atoms with Crippen molar-refractivity contribution in [3.05, 3.63) is 0 Å². The van der Waals surface area contributed by atoms with Gasteiger partial charge in [-0.1, -0.05) is 6.92 Å². The SMILES string of the molecule is CCNCC1CCN(CC(=O)N2CCCC2=O)CC1. The van der Waals surface area contributed by atoms with E-state index < -0.39 is 0 Å². The van der Waals surface area contributed by atoms with Crippen LogP contribution in [0.15, 0.2) is 0 Å². The molecule has 2 saturated heterocycles. The third-order valence-corrected chi connectivity index (χ3v) is 4.12. The summed E-state index contributed by atoms with van der Waals surface area (Å²) in [5, 5.41) is 3.39. The number of rotatable bonds is 5. The lowest BCUT2D eigenvalue weighted by Crippen LogP contribution is -2.44. The summed E-state index contributed by atoms with van der Waals surface area (Å²) < 4.78 is 0. The lowest BCUT2D eigenvalue weighted by Gasteiger charge is -2.32. The Morgan fingerprint density at radius 2 is 2.05 bits per heavy atom. The number of carbonyl (C=O) groups is 2. The molecule has 5 heteroatoms. The van der Waals surface area contributed by atoms with Crippen LogP contribution < -0.4 is 5.32 Å². The van der Waals surface area contributed by atoms with E-state index in [9.17, 15) is 9.59 Å². The first-order chi connectivity index (χ1) is 9.20. The molecule has 0 aromatic rings. The third-order valence-electron chi connectivity index (χ3n) is 4.12. The summed E-state index contributed by atoms with van der Waals surface area (Å²) in [6.07, 6.45) is 3.66. The molecular weight excluding hydrogens is 242 g/mol. The quantitative estimate of drug-likeness (QED) is 0.786. The van der Waals surface area contributed by atoms with E-state index in [0.717, 1.165) is 51.4 Å². The second-order valence-corrected chi connectivity index (χ2v) is 5.57. The standard InChI is InChI=1S/C14H25N3O2/c1-2-15-10-12-5-8-16(9-6-12)11-14(19)17-7-3-4-13(17)18/h12,15H,2-11H2,1H3. The van der Waals surface area contributed by atoms with Crippen molar-refractivity contribution in [2.75, 3.05) is 39.3 Å². The zero-order valence-electron chi connectivity index (χ0n) is 11.9. The Morgan fingerprint density at radius 3 is 2.63 bits per heavy atom. The molecule has 0 saturated carbocycles. The van der Waals surface area contributed by atoms with Gasteiger partial charge in [-0.3, -0.25) is 19.4 Å². The molecule has 0 aromatic carbocycles. The summed E-state index contributed by atoms with van der Waals surface area (Å²) in [5.41, 5.74) is 0. The van der Waals surface area contributed by atoms with E-state index in [1.165, 1.54) is 4.90 Å². The molecule has 0 spiro atoms. The van der Waals surface area contributed by atoms with Crippen LogP contribution >= 0.6 is 0 Å². The monoisotopic (exact) mass is 267 g/mol. The van der Waals surface area contributed by atoms with Crippen LogP contribution in [-0.4, -0.2) is 60.9 Å². The zero-order valence-corrected chi connectivity index (χ0v) is 11.9. The van der Waals surface area contributed by atoms with Crippen LogP contribution in [0.4, 0.5) is 0 Å². The lowest BCUT2D eigenvalue weighted by atomic mass is 9.97. The van der Waals surface area contributed by atoms with Crippen LogP contribution in [0.3, 0.4) is 0 Å². The summed E-state index contributed by atoms with van der Waals surface area (Å²) in [6, 6.07) is 0. The highest BCUT2D eigenvalue weighted by atomic mass is 16.2. The van der Waals surface area contributed by atoms with Crippen molar-refractivity contribution in [2.24, 2.45) is 5.92 Å². The number of likely N-dealkylation sites (tertiary alicyclic amines) is 2. The number of nitrogens with zero attached hydrogens (tertiary/aromatic N) is 2. The number of carbonyl (C=O) groups excluding carboxylic acids is 2. The molecule has 2 rings (SSSR count). The highest BCUT2D eigenvalue weighted by Gasteiger charge is 2.28. The van der Waals surface area contributed by atoms with Gasteiger partial charge in [-0.15, -0.1) is 0 Å². The van der Waals surface area contributed by atoms with E-state index >= 15 is 0 Å². The second-order valence-electron chi connectivity index (χ2n) is 5.57. The molecule has 0 aromatic heterocycles. The summed E-state index contributed by atoms with van der Waals surface area (Å²) in [4.78, 5) is 27.2. The molecule has 2 aliphatic heterocycles. The molecule has 5 nitrogen and oxygen atoms in total. The normalized spacial score (nSPS) is 22.2. The van der Waals surface area contributed by atoms with Crippen molar-refractivity contribution < 1.29 is 9.59 Å². The van der Waals surface area contributed by atoms with Gasteiger partial charge >= 0.3 is 0 Å². The molecule has 108 valence electrons. The minimum absolute atomic E-state index is 0.00651. The fourth-order valence-corrected chi connectivity index (χ4v) is 2.89. The number of amides is 2. The van der Waals surface area contributed by atoms with Crippen LogP contribution in [0, 0.1) is 5.92 Å². The molecule has 0 aliphatic carbocycles. The van der Waals surface area contributed by atoms with E-state index in [1.54, 1.807) is 0 Å². The first-order valence-electron chi connectivity index (χ1n) is 7.47. The third kappa shape index (κ3) is 4.01. The Bertz CT molecular complexity index is 325. The molecule has 0 radical (unpaired) electrons. The number of hydrogen-bond acceptors (Lipinski definition) is 4. The van der Waals surface area contributed by atoms with Crippen molar-refractivity contribution >= 4 is 11.8 Å². The van der Waals surface area contributed by atoms with Gasteiger partial charge in [0.05, 0.1) is 6.54 Å². The summed E-state index contributed by atoms with van der Waals surface area (Å²) in [6.45, 7) is 7.22. The van der Waals surface area contributed by atoms with Gasteiger partial charge in [0, 0.05) is 13.0 Å². The molecule has 2 amide bonds. The number of piperidine rings is 1. The van der Waals surface area contributed by atoms with Crippen molar-refractivity contribution in [1.82, 2.24) is 15.1 Å². The van der Waals surface area contributed by atoms with Gasteiger partial charge in [-0.25, -0.2) is 0 Å². The molecule has 2 aliphatic rings. The largest absolute Gasteiger partial charge is 0.317 e. The van der Waals surface area contributed by atoms with Gasteiger partial charge in [-0.05, 0) is 51.4 Å². The topological polar surface area (TPSA) is 52.7 Å². The van der Waals surface area contributed by atoms with Crippen LogP contribution in [0.1, 0.15) is 32.6 Å². The van der Waals surface area contributed by atoms with Crippen LogP contribution in [0.25, 0.3) is 0 Å². The molecule has 0 atom stereocenters. The average Bonchev–Trinajstić information content (AvgIpc) is 2.84. The van der Waals surface area contributed by atoms with Crippen molar-refractivity contribution in [3.63, 3.8) is 0 Å². The number of hydrogen-bond donors (Lipinski definition) is 1. The Labute approximate surface area is 115 Å². The Hall–Kier alpha value is -0.940. The van der Waals surface area contributed by atoms with Crippen molar-refractivity contribution in [1.29, 1.82) is 0 Å². The lowest BCUT2D eigenvalue weighted by molar-refractivity contribution is -0.142. The average molecular weight is 267 g/mol. The molecule has 2 heterocycles. The van der Waals surface area contributed by atoms with E-state index in [0.29, 0.717) is 19.5 Å². The van der Waals surface area contributed by atoms with E-state index in [-0.39, 0.29) is 11.8 Å². The molecule has 19 heavy (non-hydrogen) atoms. The minimum atomic E-state index is -0.00682. The first-order valence-corrected chi connectivity index (χ1v) is 7.47. The smallest absolute Gasteiger partial charge is 0.243 e. The summed E-state index contributed by atoms with van der Waals surface area (Å²) >= 11 is 0. The van der Waals surface area contributed by atoms with Crippen molar-refractivity contribution in [2.45, 2.75) is 32.6 Å². The van der Waals surface area contributed by atoms with E-state index in [4.69, 9.17) is 0 Å². The molecule has 0 bridgehead atoms. The highest BCUT2D eigenvalue weighted by molar-refractivity contribution is 5.97. The van der Waals surface area contributed by atoms with Gasteiger partial charge in [-0.2, -0.15) is 0 Å². The van der Waals surface area contributed by atoms with Crippen LogP contribution in [0.5, 0.6) is 0 Å². The summed E-state index contributed by atoms with van der Waals surface area (Å²) in [5.74, 6) is 0.736. The maximum Gasteiger partial charge on any atom is 0.243 e. The molecule has 0 unspecified atom stereocenters. The number of imide groups is 1.